The van der Waals surface area contributed by atoms with E-state index < -0.39 is 23.8 Å². The third-order valence-electron chi connectivity index (χ3n) is 3.19. The summed E-state index contributed by atoms with van der Waals surface area (Å²) in [5, 5.41) is 12.2. The van der Waals surface area contributed by atoms with Gasteiger partial charge in [0.2, 0.25) is 0 Å². The number of hydroxylamine groups is 2. The van der Waals surface area contributed by atoms with Crippen LogP contribution in [0.1, 0.15) is 21.4 Å². The second-order valence-corrected chi connectivity index (χ2v) is 6.43. The molecule has 1 saturated heterocycles. The fraction of sp³-hybridized carbons (Fsp3) is 0.154. The Hall–Kier alpha value is -1.84. The van der Waals surface area contributed by atoms with Crippen LogP contribution < -0.4 is 0 Å². The topological polar surface area (TPSA) is 73.7 Å². The van der Waals surface area contributed by atoms with Gasteiger partial charge in [-0.15, -0.1) is 11.3 Å². The lowest BCUT2D eigenvalue weighted by atomic mass is 10.2. The van der Waals surface area contributed by atoms with E-state index in [1.54, 1.807) is 11.4 Å². The molecule has 3 heterocycles. The minimum Gasteiger partial charge on any atom is -0.302 e. The molecular weight excluding hydrogens is 377 g/mol. The van der Waals surface area contributed by atoms with Gasteiger partial charge >= 0.3 is 0 Å². The Bertz CT molecular complexity index is 754. The first-order chi connectivity index (χ1) is 10.5. The number of carbonyl (C=O) groups excluding carboxylic acids is 2. The number of nitrogens with zero attached hydrogens (tertiary/aromatic N) is 3. The van der Waals surface area contributed by atoms with Crippen molar-refractivity contribution in [3.05, 3.63) is 50.6 Å². The van der Waals surface area contributed by atoms with Gasteiger partial charge in [-0.2, -0.15) is 5.06 Å². The third kappa shape index (κ3) is 2.51. The molecule has 1 unspecified atom stereocenters. The van der Waals surface area contributed by atoms with Crippen molar-refractivity contribution >= 4 is 39.1 Å². The molecule has 6 nitrogen and oxygen atoms in total. The zero-order valence-electron chi connectivity index (χ0n) is 10.9. The second kappa shape index (κ2) is 5.75. The van der Waals surface area contributed by atoms with Gasteiger partial charge in [-0.3, -0.25) is 19.8 Å². The summed E-state index contributed by atoms with van der Waals surface area (Å²) in [5.74, 6) is -2.08. The van der Waals surface area contributed by atoms with Gasteiger partial charge < -0.3 is 4.90 Å². The SMILES string of the molecule is O=C1CN(C(=O)c2ccncc2F)C(c2cc(Br)cs2)N1O. The molecule has 1 fully saturated rings. The van der Waals surface area contributed by atoms with Crippen LogP contribution >= 0.6 is 27.3 Å². The Morgan fingerprint density at radius 2 is 2.32 bits per heavy atom. The maximum Gasteiger partial charge on any atom is 0.267 e. The van der Waals surface area contributed by atoms with Gasteiger partial charge in [-0.05, 0) is 28.1 Å². The number of hydrogen-bond donors (Lipinski definition) is 1. The first kappa shape index (κ1) is 15.1. The van der Waals surface area contributed by atoms with E-state index in [1.807, 2.05) is 0 Å². The van der Waals surface area contributed by atoms with E-state index in [2.05, 4.69) is 20.9 Å². The smallest absolute Gasteiger partial charge is 0.267 e. The molecule has 3 rings (SSSR count). The fourth-order valence-corrected chi connectivity index (χ4v) is 3.74. The minimum absolute atomic E-state index is 0.196. The van der Waals surface area contributed by atoms with Crippen LogP contribution in [-0.4, -0.2) is 38.5 Å². The first-order valence-electron chi connectivity index (χ1n) is 6.14. The molecule has 0 aromatic carbocycles. The van der Waals surface area contributed by atoms with Crippen molar-refractivity contribution in [2.24, 2.45) is 0 Å². The lowest BCUT2D eigenvalue weighted by molar-refractivity contribution is -0.168. The number of hydrogen-bond acceptors (Lipinski definition) is 5. The van der Waals surface area contributed by atoms with Gasteiger partial charge in [0, 0.05) is 16.0 Å². The summed E-state index contributed by atoms with van der Waals surface area (Å²) < 4.78 is 14.5. The van der Waals surface area contributed by atoms with E-state index in [9.17, 15) is 19.2 Å². The highest BCUT2D eigenvalue weighted by molar-refractivity contribution is 9.10. The molecule has 0 spiro atoms. The maximum absolute atomic E-state index is 13.7. The van der Waals surface area contributed by atoms with Crippen molar-refractivity contribution in [2.75, 3.05) is 6.54 Å². The minimum atomic E-state index is -0.969. The lowest BCUT2D eigenvalue weighted by Crippen LogP contribution is -2.34. The van der Waals surface area contributed by atoms with Gasteiger partial charge in [0.25, 0.3) is 11.8 Å². The van der Waals surface area contributed by atoms with E-state index in [-0.39, 0.29) is 12.1 Å². The summed E-state index contributed by atoms with van der Waals surface area (Å²) >= 11 is 4.55. The standard InChI is InChI=1S/C13H9BrFN3O3S/c14-7-3-10(22-6-7)12-17(5-11(19)18(12)21)13(20)8-1-2-16-4-9(8)15/h1-4,6,12,21H,5H2. The summed E-state index contributed by atoms with van der Waals surface area (Å²) in [7, 11) is 0. The number of amides is 2. The Morgan fingerprint density at radius 3 is 2.95 bits per heavy atom. The molecule has 0 bridgehead atoms. The van der Waals surface area contributed by atoms with Crippen molar-refractivity contribution in [1.29, 1.82) is 0 Å². The van der Waals surface area contributed by atoms with Crippen LogP contribution in [0.4, 0.5) is 4.39 Å². The molecule has 1 aliphatic heterocycles. The van der Waals surface area contributed by atoms with Gasteiger partial charge in [-0.1, -0.05) is 0 Å². The summed E-state index contributed by atoms with van der Waals surface area (Å²) in [6.45, 7) is -0.322. The molecule has 9 heteroatoms. The van der Waals surface area contributed by atoms with Gasteiger partial charge in [0.05, 0.1) is 16.6 Å². The van der Waals surface area contributed by atoms with Crippen molar-refractivity contribution in [3.8, 4) is 0 Å². The molecule has 0 saturated carbocycles. The zero-order valence-corrected chi connectivity index (χ0v) is 13.3. The molecule has 1 N–H and O–H groups in total. The van der Waals surface area contributed by atoms with E-state index in [4.69, 9.17) is 0 Å². The van der Waals surface area contributed by atoms with Gasteiger partial charge in [0.1, 0.15) is 6.54 Å². The summed E-state index contributed by atoms with van der Waals surface area (Å²) in [4.78, 5) is 29.6. The molecule has 0 aliphatic carbocycles. The molecule has 2 aromatic rings. The molecule has 114 valence electrons. The average Bonchev–Trinajstić information content (AvgIpc) is 3.03. The highest BCUT2D eigenvalue weighted by Crippen LogP contribution is 2.35. The van der Waals surface area contributed by atoms with Crippen LogP contribution in [0.15, 0.2) is 34.4 Å². The van der Waals surface area contributed by atoms with Crippen molar-refractivity contribution in [2.45, 2.75) is 6.17 Å². The number of pyridine rings is 1. The maximum atomic E-state index is 13.7. The van der Waals surface area contributed by atoms with E-state index in [0.29, 0.717) is 9.94 Å². The van der Waals surface area contributed by atoms with Crippen LogP contribution in [0.3, 0.4) is 0 Å². The molecule has 22 heavy (non-hydrogen) atoms. The number of carbonyl (C=O) groups is 2. The molecule has 2 aromatic heterocycles. The number of halogens is 2. The molecule has 0 radical (unpaired) electrons. The predicted octanol–water partition coefficient (Wildman–Crippen LogP) is 2.42. The van der Waals surface area contributed by atoms with Gasteiger partial charge in [0.15, 0.2) is 12.0 Å². The Balaban J connectivity index is 1.99. The third-order valence-corrected chi connectivity index (χ3v) is 4.93. The van der Waals surface area contributed by atoms with Crippen LogP contribution in [0.2, 0.25) is 0 Å². The molecule has 1 atom stereocenters. The monoisotopic (exact) mass is 385 g/mol. The van der Waals surface area contributed by atoms with E-state index in [0.717, 1.165) is 15.6 Å². The molecular formula is C13H9BrFN3O3S. The second-order valence-electron chi connectivity index (χ2n) is 4.57. The van der Waals surface area contributed by atoms with Crippen molar-refractivity contribution < 1.29 is 19.2 Å². The van der Waals surface area contributed by atoms with E-state index >= 15 is 0 Å². The number of aromatic nitrogens is 1. The number of rotatable bonds is 2. The Labute approximate surface area is 136 Å². The quantitative estimate of drug-likeness (QED) is 0.805. The average molecular weight is 386 g/mol. The van der Waals surface area contributed by atoms with Crippen LogP contribution in [0.25, 0.3) is 0 Å². The largest absolute Gasteiger partial charge is 0.302 e. The van der Waals surface area contributed by atoms with Crippen LogP contribution in [0, 0.1) is 5.82 Å². The van der Waals surface area contributed by atoms with Crippen molar-refractivity contribution in [3.63, 3.8) is 0 Å². The Kier molecular flexibility index (Phi) is 3.94. The summed E-state index contributed by atoms with van der Waals surface area (Å²) in [6.07, 6.45) is 1.25. The van der Waals surface area contributed by atoms with E-state index in [1.165, 1.54) is 23.6 Å². The lowest BCUT2D eigenvalue weighted by Gasteiger charge is -2.25. The highest BCUT2D eigenvalue weighted by Gasteiger charge is 2.42. The van der Waals surface area contributed by atoms with Crippen LogP contribution in [0.5, 0.6) is 0 Å². The normalized spacial score (nSPS) is 18.1. The Morgan fingerprint density at radius 1 is 1.55 bits per heavy atom. The predicted molar refractivity (Wildman–Crippen MR) is 78.6 cm³/mol. The summed E-state index contributed by atoms with van der Waals surface area (Å²) in [5.41, 5.74) is -0.196. The highest BCUT2D eigenvalue weighted by atomic mass is 79.9. The first-order valence-corrected chi connectivity index (χ1v) is 7.81. The summed E-state index contributed by atoms with van der Waals surface area (Å²) in [6, 6.07) is 2.93. The molecule has 2 amide bonds. The van der Waals surface area contributed by atoms with Crippen molar-refractivity contribution in [1.82, 2.24) is 14.9 Å². The number of thiophene rings is 1. The van der Waals surface area contributed by atoms with Crippen LogP contribution in [-0.2, 0) is 4.79 Å². The molecule has 1 aliphatic rings. The van der Waals surface area contributed by atoms with Gasteiger partial charge in [-0.25, -0.2) is 4.39 Å². The fourth-order valence-electron chi connectivity index (χ4n) is 2.20. The zero-order chi connectivity index (χ0) is 15.9.